The van der Waals surface area contributed by atoms with Crippen LogP contribution in [0.4, 0.5) is 0 Å². The van der Waals surface area contributed by atoms with Crippen molar-refractivity contribution in [2.24, 2.45) is 0 Å². The predicted octanol–water partition coefficient (Wildman–Crippen LogP) is 5.12. The van der Waals surface area contributed by atoms with Crippen LogP contribution in [0.5, 0.6) is 0 Å². The second kappa shape index (κ2) is 20.1. The largest absolute Gasteiger partial charge is 0.472 e. The average molecular weight is 520 g/mol. The normalized spacial score (nSPS) is 16.0. The Balaban J connectivity index is 4.73. The van der Waals surface area contributed by atoms with Gasteiger partial charge in [0.2, 0.25) is 5.91 Å². The van der Waals surface area contributed by atoms with Gasteiger partial charge >= 0.3 is 7.82 Å². The van der Waals surface area contributed by atoms with E-state index < -0.39 is 20.0 Å². The van der Waals surface area contributed by atoms with Crippen molar-refractivity contribution in [3.8, 4) is 0 Å². The van der Waals surface area contributed by atoms with Gasteiger partial charge in [-0.25, -0.2) is 4.57 Å². The van der Waals surface area contributed by atoms with E-state index in [1.807, 2.05) is 27.2 Å². The first kappa shape index (κ1) is 34.0. The standard InChI is InChI=1S/C26H51N2O6P/c1-6-8-10-11-12-13-14-15-16-18-19-25(29)24(27-26(30)20-17-9-7-2)23-34-35(31,32)33-22-21-28(3,4)5/h13-14,18-19,24-25,29H,6-12,15-17,20-23H2,1-5H3,(H-,27,30,31,32)/p+1/b14-13+,19-18+. The molecule has 9 heteroatoms. The maximum Gasteiger partial charge on any atom is 0.472 e. The molecule has 0 aromatic heterocycles. The minimum Gasteiger partial charge on any atom is -0.387 e. The first-order chi connectivity index (χ1) is 16.5. The van der Waals surface area contributed by atoms with Gasteiger partial charge in [0.05, 0.1) is 39.9 Å². The number of nitrogens with one attached hydrogen (secondary N) is 1. The summed E-state index contributed by atoms with van der Waals surface area (Å²) in [5.74, 6) is -0.218. The number of carbonyl (C=O) groups is 1. The molecule has 0 aliphatic carbocycles. The molecule has 0 aromatic rings. The second-order valence-corrected chi connectivity index (χ2v) is 11.5. The summed E-state index contributed by atoms with van der Waals surface area (Å²) in [7, 11) is 1.54. The number of hydrogen-bond donors (Lipinski definition) is 3. The predicted molar refractivity (Wildman–Crippen MR) is 143 cm³/mol. The summed E-state index contributed by atoms with van der Waals surface area (Å²) < 4.78 is 23.0. The van der Waals surface area contributed by atoms with Crippen LogP contribution in [0.2, 0.25) is 0 Å². The highest BCUT2D eigenvalue weighted by atomic mass is 31.2. The van der Waals surface area contributed by atoms with Crippen molar-refractivity contribution >= 4 is 13.7 Å². The van der Waals surface area contributed by atoms with Gasteiger partial charge < -0.3 is 19.8 Å². The third-order valence-electron chi connectivity index (χ3n) is 5.42. The highest BCUT2D eigenvalue weighted by Gasteiger charge is 2.27. The van der Waals surface area contributed by atoms with E-state index in [9.17, 15) is 19.4 Å². The fourth-order valence-corrected chi connectivity index (χ4v) is 3.90. The van der Waals surface area contributed by atoms with Crippen LogP contribution in [0.15, 0.2) is 24.3 Å². The first-order valence-electron chi connectivity index (χ1n) is 13.2. The summed E-state index contributed by atoms with van der Waals surface area (Å²) in [5.41, 5.74) is 0. The number of aliphatic hydroxyl groups excluding tert-OH is 1. The van der Waals surface area contributed by atoms with E-state index in [1.54, 1.807) is 6.08 Å². The molecule has 0 rings (SSSR count). The third-order valence-corrected chi connectivity index (χ3v) is 6.41. The number of likely N-dealkylation sites (N-methyl/N-ethyl adjacent to an activating group) is 1. The molecule has 0 saturated heterocycles. The maximum atomic E-state index is 12.3. The van der Waals surface area contributed by atoms with E-state index in [1.165, 1.54) is 25.7 Å². The Bertz CT molecular complexity index is 648. The molecule has 1 amide bonds. The first-order valence-corrected chi connectivity index (χ1v) is 14.7. The van der Waals surface area contributed by atoms with Crippen LogP contribution in [0.25, 0.3) is 0 Å². The topological polar surface area (TPSA) is 105 Å². The lowest BCUT2D eigenvalue weighted by Crippen LogP contribution is -2.45. The van der Waals surface area contributed by atoms with Gasteiger partial charge in [0.15, 0.2) is 0 Å². The van der Waals surface area contributed by atoms with Gasteiger partial charge in [0, 0.05) is 6.42 Å². The smallest absolute Gasteiger partial charge is 0.387 e. The maximum absolute atomic E-state index is 12.3. The molecular formula is C26H52N2O6P+. The van der Waals surface area contributed by atoms with Crippen molar-refractivity contribution in [1.82, 2.24) is 5.32 Å². The van der Waals surface area contributed by atoms with Crippen molar-refractivity contribution in [1.29, 1.82) is 0 Å². The number of unbranched alkanes of at least 4 members (excludes halogenated alkanes) is 7. The van der Waals surface area contributed by atoms with Crippen LogP contribution in [-0.2, 0) is 18.4 Å². The van der Waals surface area contributed by atoms with E-state index in [0.717, 1.165) is 38.5 Å². The molecular weight excluding hydrogens is 467 g/mol. The zero-order valence-electron chi connectivity index (χ0n) is 22.8. The number of carbonyl (C=O) groups excluding carboxylic acids is 1. The highest BCUT2D eigenvalue weighted by Crippen LogP contribution is 2.43. The van der Waals surface area contributed by atoms with E-state index in [2.05, 4.69) is 31.3 Å². The molecule has 0 bridgehead atoms. The van der Waals surface area contributed by atoms with E-state index in [0.29, 0.717) is 17.4 Å². The Hall–Kier alpha value is -1.02. The number of hydrogen-bond acceptors (Lipinski definition) is 5. The number of phosphoric acid groups is 1. The lowest BCUT2D eigenvalue weighted by atomic mass is 10.1. The minimum absolute atomic E-state index is 0.0555. The van der Waals surface area contributed by atoms with Crippen LogP contribution in [0.3, 0.4) is 0 Å². The van der Waals surface area contributed by atoms with Gasteiger partial charge in [0.1, 0.15) is 13.2 Å². The molecule has 0 aromatic carbocycles. The number of amides is 1. The number of phosphoric ester groups is 1. The molecule has 0 heterocycles. The fraction of sp³-hybridized carbons (Fsp3) is 0.808. The minimum atomic E-state index is -4.30. The van der Waals surface area contributed by atoms with Crippen LogP contribution < -0.4 is 5.32 Å². The van der Waals surface area contributed by atoms with Crippen LogP contribution in [0.1, 0.15) is 84.5 Å². The molecule has 0 spiro atoms. The van der Waals surface area contributed by atoms with Crippen molar-refractivity contribution in [2.75, 3.05) is 40.9 Å². The molecule has 3 atom stereocenters. The monoisotopic (exact) mass is 519 g/mol. The summed E-state index contributed by atoms with van der Waals surface area (Å²) >= 11 is 0. The number of quaternary nitrogens is 1. The molecule has 0 aliphatic heterocycles. The molecule has 0 aliphatic rings. The summed E-state index contributed by atoms with van der Waals surface area (Å²) in [6, 6.07) is -0.850. The second-order valence-electron chi connectivity index (χ2n) is 10.1. The molecule has 206 valence electrons. The van der Waals surface area contributed by atoms with Crippen LogP contribution in [-0.4, -0.2) is 73.4 Å². The Labute approximate surface area is 214 Å². The highest BCUT2D eigenvalue weighted by molar-refractivity contribution is 7.47. The SMILES string of the molecule is CCCCCC/C=C/CC/C=C/C(O)C(COP(=O)(O)OCC[N+](C)(C)C)NC(=O)CCCCC. The Morgan fingerprint density at radius 2 is 1.57 bits per heavy atom. The van der Waals surface area contributed by atoms with Crippen LogP contribution >= 0.6 is 7.82 Å². The molecule has 35 heavy (non-hydrogen) atoms. The molecule has 8 nitrogen and oxygen atoms in total. The third kappa shape index (κ3) is 21.9. The van der Waals surface area contributed by atoms with Crippen molar-refractivity contribution < 1.29 is 32.9 Å². The van der Waals surface area contributed by atoms with Gasteiger partial charge in [0.25, 0.3) is 0 Å². The van der Waals surface area contributed by atoms with Crippen molar-refractivity contribution in [3.05, 3.63) is 24.3 Å². The zero-order valence-corrected chi connectivity index (χ0v) is 23.7. The molecule has 3 unspecified atom stereocenters. The van der Waals surface area contributed by atoms with E-state index in [-0.39, 0.29) is 19.1 Å². The van der Waals surface area contributed by atoms with Gasteiger partial charge in [-0.3, -0.25) is 13.8 Å². The number of aliphatic hydroxyl groups is 1. The molecule has 3 N–H and O–H groups in total. The van der Waals surface area contributed by atoms with Crippen molar-refractivity contribution in [2.45, 2.75) is 96.6 Å². The van der Waals surface area contributed by atoms with Gasteiger partial charge in [-0.15, -0.1) is 0 Å². The van der Waals surface area contributed by atoms with Gasteiger partial charge in [-0.1, -0.05) is 70.3 Å². The Kier molecular flexibility index (Phi) is 19.5. The van der Waals surface area contributed by atoms with Gasteiger partial charge in [-0.05, 0) is 32.1 Å². The number of nitrogens with zero attached hydrogens (tertiary/aromatic N) is 1. The summed E-state index contributed by atoms with van der Waals surface area (Å²) in [6.45, 7) is 4.52. The van der Waals surface area contributed by atoms with Crippen LogP contribution in [0, 0.1) is 0 Å². The van der Waals surface area contributed by atoms with E-state index >= 15 is 0 Å². The summed E-state index contributed by atoms with van der Waals surface area (Å²) in [6.07, 6.45) is 17.5. The molecule has 0 saturated carbocycles. The molecule has 0 radical (unpaired) electrons. The fourth-order valence-electron chi connectivity index (χ4n) is 3.17. The average Bonchev–Trinajstić information content (AvgIpc) is 2.76. The lowest BCUT2D eigenvalue weighted by molar-refractivity contribution is -0.870. The molecule has 0 fully saturated rings. The zero-order chi connectivity index (χ0) is 26.6. The van der Waals surface area contributed by atoms with E-state index in [4.69, 9.17) is 9.05 Å². The summed E-state index contributed by atoms with van der Waals surface area (Å²) in [5, 5.41) is 13.4. The Morgan fingerprint density at radius 3 is 2.23 bits per heavy atom. The Morgan fingerprint density at radius 1 is 0.943 bits per heavy atom. The summed E-state index contributed by atoms with van der Waals surface area (Å²) in [4.78, 5) is 22.3. The number of allylic oxidation sites excluding steroid dienone is 3. The number of rotatable bonds is 22. The van der Waals surface area contributed by atoms with Crippen molar-refractivity contribution in [3.63, 3.8) is 0 Å². The lowest BCUT2D eigenvalue weighted by Gasteiger charge is -2.25. The van der Waals surface area contributed by atoms with Gasteiger partial charge in [-0.2, -0.15) is 0 Å². The quantitative estimate of drug-likeness (QED) is 0.0794.